The number of quaternary nitrogens is 1. The first kappa shape index (κ1) is 70.8. The molecule has 9 nitrogen and oxygen atoms in total. The van der Waals surface area contributed by atoms with Crippen LogP contribution >= 0.6 is 7.82 Å². The first-order valence-electron chi connectivity index (χ1n) is 31.5. The highest BCUT2D eigenvalue weighted by Gasteiger charge is 2.30. The molecule has 0 bridgehead atoms. The fraction of sp³-hybridized carbons (Fsp3) is 0.935. The van der Waals surface area contributed by atoms with Gasteiger partial charge in [-0.1, -0.05) is 290 Å². The van der Waals surface area contributed by atoms with E-state index in [0.717, 1.165) is 57.8 Å². The van der Waals surface area contributed by atoms with E-state index in [0.29, 0.717) is 23.9 Å². The average Bonchev–Trinajstić information content (AvgIpc) is 3.34. The van der Waals surface area contributed by atoms with Crippen molar-refractivity contribution in [2.45, 2.75) is 335 Å². The molecule has 0 aromatic carbocycles. The molecule has 0 radical (unpaired) electrons. The number of allylic oxidation sites excluding steroid dienone is 1. The van der Waals surface area contributed by atoms with E-state index in [1.807, 2.05) is 33.3 Å². The number of hydrogen-bond donors (Lipinski definition) is 2. The summed E-state index contributed by atoms with van der Waals surface area (Å²) in [6.07, 6.45) is 60.6. The van der Waals surface area contributed by atoms with Crippen LogP contribution in [0.3, 0.4) is 0 Å². The van der Waals surface area contributed by atoms with Gasteiger partial charge in [-0.25, -0.2) is 4.57 Å². The van der Waals surface area contributed by atoms with Gasteiger partial charge in [0.1, 0.15) is 19.3 Å². The number of carbonyl (C=O) groups is 2. The maximum absolute atomic E-state index is 13.5. The summed E-state index contributed by atoms with van der Waals surface area (Å²) in [5.41, 5.74) is 0. The first-order valence-corrected chi connectivity index (χ1v) is 33.0. The molecule has 3 atom stereocenters. The molecule has 0 saturated carbocycles. The van der Waals surface area contributed by atoms with Crippen molar-refractivity contribution in [3.63, 3.8) is 0 Å². The third-order valence-electron chi connectivity index (χ3n) is 14.5. The van der Waals surface area contributed by atoms with E-state index < -0.39 is 20.0 Å². The minimum Gasteiger partial charge on any atom is -0.456 e. The molecule has 428 valence electrons. The van der Waals surface area contributed by atoms with Crippen LogP contribution < -0.4 is 5.32 Å². The lowest BCUT2D eigenvalue weighted by Crippen LogP contribution is -2.47. The number of phosphoric acid groups is 1. The quantitative estimate of drug-likeness (QED) is 0.0205. The van der Waals surface area contributed by atoms with Gasteiger partial charge in [0, 0.05) is 12.8 Å². The molecule has 0 heterocycles. The molecule has 1 amide bonds. The summed E-state index contributed by atoms with van der Waals surface area (Å²) in [6, 6.07) is -0.838. The Hall–Kier alpha value is -1.25. The van der Waals surface area contributed by atoms with Crippen LogP contribution in [-0.2, 0) is 27.9 Å². The van der Waals surface area contributed by atoms with Crippen LogP contribution in [0.5, 0.6) is 0 Å². The molecule has 3 unspecified atom stereocenters. The number of likely N-dealkylation sites (N-methyl/N-ethyl adjacent to an activating group) is 1. The van der Waals surface area contributed by atoms with Gasteiger partial charge in [0.15, 0.2) is 0 Å². The van der Waals surface area contributed by atoms with Gasteiger partial charge in [0.2, 0.25) is 5.91 Å². The van der Waals surface area contributed by atoms with Gasteiger partial charge in [0.25, 0.3) is 0 Å². The van der Waals surface area contributed by atoms with Crippen LogP contribution in [0.15, 0.2) is 12.2 Å². The molecule has 2 N–H and O–H groups in total. The lowest BCUT2D eigenvalue weighted by molar-refractivity contribution is -0.870. The van der Waals surface area contributed by atoms with Crippen molar-refractivity contribution in [2.75, 3.05) is 40.9 Å². The molecule has 0 aliphatic rings. The second kappa shape index (κ2) is 53.2. The van der Waals surface area contributed by atoms with Crippen molar-refractivity contribution in [3.8, 4) is 0 Å². The van der Waals surface area contributed by atoms with Crippen molar-refractivity contribution in [1.29, 1.82) is 0 Å². The Morgan fingerprint density at radius 3 is 1.14 bits per heavy atom. The number of phosphoric ester groups is 1. The van der Waals surface area contributed by atoms with Crippen LogP contribution in [0.2, 0.25) is 0 Å². The van der Waals surface area contributed by atoms with E-state index in [4.69, 9.17) is 13.8 Å². The van der Waals surface area contributed by atoms with Crippen molar-refractivity contribution < 1.29 is 37.3 Å². The zero-order chi connectivity index (χ0) is 52.9. The fourth-order valence-electron chi connectivity index (χ4n) is 9.59. The number of carbonyl (C=O) groups excluding carboxylic acids is 2. The van der Waals surface area contributed by atoms with Crippen molar-refractivity contribution in [1.82, 2.24) is 5.32 Å². The number of unbranched alkanes of at least 4 members (excludes halogenated alkanes) is 42. The zero-order valence-corrected chi connectivity index (χ0v) is 49.9. The number of rotatable bonds is 58. The maximum atomic E-state index is 13.5. The molecular formula is C62H124N2O7P+. The maximum Gasteiger partial charge on any atom is 0.472 e. The minimum atomic E-state index is -4.44. The van der Waals surface area contributed by atoms with Crippen molar-refractivity contribution >= 4 is 19.7 Å². The number of nitrogens with zero attached hydrogens (tertiary/aromatic N) is 1. The second-order valence-corrected chi connectivity index (χ2v) is 24.4. The Morgan fingerprint density at radius 1 is 0.472 bits per heavy atom. The zero-order valence-electron chi connectivity index (χ0n) is 49.0. The van der Waals surface area contributed by atoms with Gasteiger partial charge >= 0.3 is 13.8 Å². The molecule has 10 heteroatoms. The Morgan fingerprint density at radius 2 is 0.792 bits per heavy atom. The third kappa shape index (κ3) is 53.6. The highest BCUT2D eigenvalue weighted by Crippen LogP contribution is 2.43. The molecule has 0 aliphatic heterocycles. The summed E-state index contributed by atoms with van der Waals surface area (Å²) in [4.78, 5) is 37.7. The molecule has 0 aromatic heterocycles. The van der Waals surface area contributed by atoms with Crippen LogP contribution in [0, 0.1) is 0 Å². The van der Waals surface area contributed by atoms with Crippen LogP contribution in [0.4, 0.5) is 0 Å². The van der Waals surface area contributed by atoms with Gasteiger partial charge in [-0.3, -0.25) is 18.6 Å². The predicted octanol–water partition coefficient (Wildman–Crippen LogP) is 19.2. The normalized spacial score (nSPS) is 13.7. The van der Waals surface area contributed by atoms with Crippen LogP contribution in [0.1, 0.15) is 323 Å². The number of nitrogens with one attached hydrogen (secondary N) is 1. The monoisotopic (exact) mass is 1040 g/mol. The highest BCUT2D eigenvalue weighted by molar-refractivity contribution is 7.47. The number of amides is 1. The minimum absolute atomic E-state index is 0.0457. The van der Waals surface area contributed by atoms with E-state index in [1.165, 1.54) is 231 Å². The van der Waals surface area contributed by atoms with Gasteiger partial charge in [-0.15, -0.1) is 0 Å². The van der Waals surface area contributed by atoms with Gasteiger partial charge in [-0.2, -0.15) is 0 Å². The van der Waals surface area contributed by atoms with Crippen LogP contribution in [0.25, 0.3) is 0 Å². The Kier molecular flexibility index (Phi) is 52.2. The van der Waals surface area contributed by atoms with Gasteiger partial charge in [0.05, 0.1) is 33.8 Å². The van der Waals surface area contributed by atoms with Gasteiger partial charge in [-0.05, 0) is 31.8 Å². The summed E-state index contributed by atoms with van der Waals surface area (Å²) < 4.78 is 30.7. The molecule has 0 aromatic rings. The summed E-state index contributed by atoms with van der Waals surface area (Å²) >= 11 is 0. The number of hydrogen-bond acceptors (Lipinski definition) is 6. The lowest BCUT2D eigenvalue weighted by atomic mass is 10.0. The SMILES string of the molecule is CCCCCCCCCCC/C=C/C(OC(=O)CCCCCCCCCCCCCCCCCCCCC)C(COP(=O)(O)OCC[N+](C)(C)C)NC(=O)CCCCCCCCCCCCCCCCCC. The van der Waals surface area contributed by atoms with Gasteiger partial charge < -0.3 is 19.4 Å². The molecule has 0 aliphatic carbocycles. The Labute approximate surface area is 448 Å². The first-order chi connectivity index (χ1) is 34.9. The molecule has 72 heavy (non-hydrogen) atoms. The van der Waals surface area contributed by atoms with Crippen molar-refractivity contribution in [2.24, 2.45) is 0 Å². The largest absolute Gasteiger partial charge is 0.472 e. The topological polar surface area (TPSA) is 111 Å². The Bertz CT molecular complexity index is 1240. The second-order valence-electron chi connectivity index (χ2n) is 23.0. The molecule has 0 spiro atoms. The van der Waals surface area contributed by atoms with E-state index >= 15 is 0 Å². The van der Waals surface area contributed by atoms with E-state index in [9.17, 15) is 19.0 Å². The molecule has 0 rings (SSSR count). The number of ether oxygens (including phenoxy) is 1. The Balaban J connectivity index is 5.15. The third-order valence-corrected chi connectivity index (χ3v) is 15.5. The van der Waals surface area contributed by atoms with E-state index in [1.54, 1.807) is 0 Å². The summed E-state index contributed by atoms with van der Waals surface area (Å²) in [5, 5.41) is 3.06. The molecular weight excluding hydrogens is 916 g/mol. The van der Waals surface area contributed by atoms with E-state index in [2.05, 4.69) is 26.1 Å². The summed E-state index contributed by atoms with van der Waals surface area (Å²) in [6.45, 7) is 7.06. The smallest absolute Gasteiger partial charge is 0.456 e. The summed E-state index contributed by atoms with van der Waals surface area (Å²) in [5.74, 6) is -0.483. The highest BCUT2D eigenvalue weighted by atomic mass is 31.2. The lowest BCUT2D eigenvalue weighted by Gasteiger charge is -2.27. The summed E-state index contributed by atoms with van der Waals surface area (Å²) in [7, 11) is 1.52. The molecule has 0 saturated heterocycles. The number of esters is 1. The average molecular weight is 1040 g/mol. The standard InChI is InChI=1S/C62H123N2O7P/c1-7-10-13-16-19-22-25-27-29-31-32-33-35-37-40-43-46-49-52-55-62(66)71-60(53-50-47-44-41-38-24-21-18-15-12-9-3)59(58-70-72(67,68)69-57-56-64(4,5)6)63-61(65)54-51-48-45-42-39-36-34-30-28-26-23-20-17-14-11-8-2/h50,53,59-60H,7-49,51-52,54-58H2,1-6H3,(H-,63,65,67,68)/p+1/b53-50+. The predicted molar refractivity (Wildman–Crippen MR) is 310 cm³/mol. The van der Waals surface area contributed by atoms with Crippen LogP contribution in [-0.4, -0.2) is 74.3 Å². The van der Waals surface area contributed by atoms with E-state index in [-0.39, 0.29) is 25.1 Å². The fourth-order valence-corrected chi connectivity index (χ4v) is 10.3. The van der Waals surface area contributed by atoms with Crippen molar-refractivity contribution in [3.05, 3.63) is 12.2 Å². The molecule has 0 fully saturated rings.